The Morgan fingerprint density at radius 2 is 1.50 bits per heavy atom. The number of halogens is 2. The molecule has 1 saturated heterocycles. The molecule has 0 aromatic heterocycles. The van der Waals surface area contributed by atoms with Crippen LogP contribution in [0.2, 0.25) is 0 Å². The SMILES string of the molecule is CCC(C)Cc1cc(F)c(B2OC(C)(C)C(C)(C)O2)c(F)c1. The molecule has 0 spiro atoms. The van der Waals surface area contributed by atoms with Gasteiger partial charge in [-0.15, -0.1) is 0 Å². The normalized spacial score (nSPS) is 21.2. The molecule has 1 unspecified atom stereocenters. The van der Waals surface area contributed by atoms with Crippen LogP contribution in [-0.2, 0) is 15.7 Å². The second-order valence-corrected chi connectivity index (χ2v) is 7.28. The van der Waals surface area contributed by atoms with Gasteiger partial charge in [-0.05, 0) is 57.7 Å². The highest BCUT2D eigenvalue weighted by Gasteiger charge is 2.53. The predicted molar refractivity (Wildman–Crippen MR) is 85.2 cm³/mol. The smallest absolute Gasteiger partial charge is 0.399 e. The lowest BCUT2D eigenvalue weighted by Gasteiger charge is -2.32. The van der Waals surface area contributed by atoms with E-state index in [1.807, 2.05) is 27.7 Å². The van der Waals surface area contributed by atoms with Gasteiger partial charge in [-0.1, -0.05) is 20.3 Å². The lowest BCUT2D eigenvalue weighted by Crippen LogP contribution is -2.41. The number of hydrogen-bond donors (Lipinski definition) is 0. The monoisotopic (exact) mass is 310 g/mol. The highest BCUT2D eigenvalue weighted by Crippen LogP contribution is 2.36. The van der Waals surface area contributed by atoms with Gasteiger partial charge in [-0.25, -0.2) is 8.78 Å². The minimum Gasteiger partial charge on any atom is -0.399 e. The first kappa shape index (κ1) is 17.4. The van der Waals surface area contributed by atoms with Crippen LogP contribution in [0.5, 0.6) is 0 Å². The van der Waals surface area contributed by atoms with Crippen molar-refractivity contribution in [2.75, 3.05) is 0 Å². The van der Waals surface area contributed by atoms with Crippen LogP contribution >= 0.6 is 0 Å². The molecule has 1 atom stereocenters. The van der Waals surface area contributed by atoms with Crippen molar-refractivity contribution in [1.82, 2.24) is 0 Å². The van der Waals surface area contributed by atoms with E-state index >= 15 is 0 Å². The van der Waals surface area contributed by atoms with E-state index in [0.717, 1.165) is 6.42 Å². The quantitative estimate of drug-likeness (QED) is 0.786. The Kier molecular flexibility index (Phi) is 4.70. The topological polar surface area (TPSA) is 18.5 Å². The van der Waals surface area contributed by atoms with Gasteiger partial charge in [0.2, 0.25) is 0 Å². The minimum absolute atomic E-state index is 0.133. The van der Waals surface area contributed by atoms with E-state index in [0.29, 0.717) is 17.9 Å². The molecule has 1 aliphatic rings. The van der Waals surface area contributed by atoms with Crippen LogP contribution in [0, 0.1) is 17.6 Å². The molecule has 1 fully saturated rings. The van der Waals surface area contributed by atoms with E-state index in [9.17, 15) is 8.78 Å². The van der Waals surface area contributed by atoms with Gasteiger partial charge in [-0.3, -0.25) is 0 Å². The molecule has 0 radical (unpaired) electrons. The van der Waals surface area contributed by atoms with Crippen molar-refractivity contribution in [1.29, 1.82) is 0 Å². The van der Waals surface area contributed by atoms with E-state index in [1.165, 1.54) is 12.1 Å². The Morgan fingerprint density at radius 1 is 1.05 bits per heavy atom. The number of benzene rings is 1. The van der Waals surface area contributed by atoms with Gasteiger partial charge in [0.1, 0.15) is 11.6 Å². The Balaban J connectivity index is 2.30. The maximum Gasteiger partial charge on any atom is 0.500 e. The first-order valence-electron chi connectivity index (χ1n) is 7.91. The lowest BCUT2D eigenvalue weighted by molar-refractivity contribution is 0.00578. The molecule has 0 N–H and O–H groups in total. The van der Waals surface area contributed by atoms with Gasteiger partial charge in [0.15, 0.2) is 0 Å². The first-order chi connectivity index (χ1) is 10.1. The second-order valence-electron chi connectivity index (χ2n) is 7.28. The molecule has 22 heavy (non-hydrogen) atoms. The summed E-state index contributed by atoms with van der Waals surface area (Å²) in [5, 5.41) is 0. The summed E-state index contributed by atoms with van der Waals surface area (Å²) < 4.78 is 40.3. The van der Waals surface area contributed by atoms with Crippen LogP contribution in [0.3, 0.4) is 0 Å². The van der Waals surface area contributed by atoms with Crippen molar-refractivity contribution < 1.29 is 18.1 Å². The summed E-state index contributed by atoms with van der Waals surface area (Å²) in [6, 6.07) is 2.80. The molecule has 5 heteroatoms. The molecule has 0 bridgehead atoms. The van der Waals surface area contributed by atoms with E-state index in [2.05, 4.69) is 13.8 Å². The largest absolute Gasteiger partial charge is 0.500 e. The molecule has 1 heterocycles. The molecular weight excluding hydrogens is 285 g/mol. The Labute approximate surface area is 132 Å². The Hall–Kier alpha value is -0.935. The van der Waals surface area contributed by atoms with Crippen molar-refractivity contribution in [3.05, 3.63) is 29.3 Å². The van der Waals surface area contributed by atoms with Gasteiger partial charge >= 0.3 is 7.12 Å². The predicted octanol–water partition coefficient (Wildman–Crippen LogP) is 3.85. The van der Waals surface area contributed by atoms with Gasteiger partial charge in [-0.2, -0.15) is 0 Å². The highest BCUT2D eigenvalue weighted by molar-refractivity contribution is 6.62. The van der Waals surface area contributed by atoms with Crippen LogP contribution < -0.4 is 5.46 Å². The molecule has 0 amide bonds. The first-order valence-corrected chi connectivity index (χ1v) is 7.91. The standard InChI is InChI=1S/C17H25BF2O2/c1-7-11(2)8-12-9-13(19)15(14(20)10-12)18-21-16(3,4)17(5,6)22-18/h9-11H,7-8H2,1-6H3. The summed E-state index contributed by atoms with van der Waals surface area (Å²) in [4.78, 5) is 0. The average molecular weight is 310 g/mol. The molecule has 122 valence electrons. The summed E-state index contributed by atoms with van der Waals surface area (Å²) >= 11 is 0. The van der Waals surface area contributed by atoms with Crippen LogP contribution in [-0.4, -0.2) is 18.3 Å². The average Bonchev–Trinajstić information content (AvgIpc) is 2.56. The zero-order chi connectivity index (χ0) is 16.7. The number of hydrogen-bond acceptors (Lipinski definition) is 2. The van der Waals surface area contributed by atoms with Crippen LogP contribution in [0.15, 0.2) is 12.1 Å². The van der Waals surface area contributed by atoms with Crippen molar-refractivity contribution in [3.8, 4) is 0 Å². The van der Waals surface area contributed by atoms with Gasteiger partial charge < -0.3 is 9.31 Å². The molecule has 0 aliphatic carbocycles. The van der Waals surface area contributed by atoms with Crippen molar-refractivity contribution in [3.63, 3.8) is 0 Å². The summed E-state index contributed by atoms with van der Waals surface area (Å²) in [6.07, 6.45) is 1.64. The fourth-order valence-electron chi connectivity index (χ4n) is 2.49. The van der Waals surface area contributed by atoms with Crippen molar-refractivity contribution >= 4 is 12.6 Å². The zero-order valence-electron chi connectivity index (χ0n) is 14.3. The molecular formula is C17H25BF2O2. The summed E-state index contributed by atoms with van der Waals surface area (Å²) in [5.41, 5.74) is -0.700. The molecule has 1 aliphatic heterocycles. The fraction of sp³-hybridized carbons (Fsp3) is 0.647. The van der Waals surface area contributed by atoms with E-state index in [4.69, 9.17) is 9.31 Å². The minimum atomic E-state index is -1.01. The highest BCUT2D eigenvalue weighted by atomic mass is 19.1. The molecule has 1 aromatic rings. The third kappa shape index (κ3) is 3.20. The fourth-order valence-corrected chi connectivity index (χ4v) is 2.49. The second kappa shape index (κ2) is 5.93. The third-order valence-electron chi connectivity index (χ3n) is 4.91. The molecule has 2 rings (SSSR count). The third-order valence-corrected chi connectivity index (χ3v) is 4.91. The van der Waals surface area contributed by atoms with Gasteiger partial charge in [0, 0.05) is 0 Å². The lowest BCUT2D eigenvalue weighted by atomic mass is 9.77. The van der Waals surface area contributed by atoms with Gasteiger partial charge in [0.05, 0.1) is 16.7 Å². The summed E-state index contributed by atoms with van der Waals surface area (Å²) in [5.74, 6) is -0.810. The van der Waals surface area contributed by atoms with Gasteiger partial charge in [0.25, 0.3) is 0 Å². The van der Waals surface area contributed by atoms with Crippen molar-refractivity contribution in [2.24, 2.45) is 5.92 Å². The van der Waals surface area contributed by atoms with E-state index in [1.54, 1.807) is 0 Å². The maximum atomic E-state index is 14.4. The van der Waals surface area contributed by atoms with Crippen LogP contribution in [0.1, 0.15) is 53.5 Å². The Bertz CT molecular complexity index is 519. The molecule has 0 saturated carbocycles. The van der Waals surface area contributed by atoms with Crippen molar-refractivity contribution in [2.45, 2.75) is 65.6 Å². The molecule has 2 nitrogen and oxygen atoms in total. The van der Waals surface area contributed by atoms with Crippen LogP contribution in [0.4, 0.5) is 8.78 Å². The molecule has 1 aromatic carbocycles. The maximum absolute atomic E-state index is 14.4. The summed E-state index contributed by atoms with van der Waals surface area (Å²) in [7, 11) is -1.01. The summed E-state index contributed by atoms with van der Waals surface area (Å²) in [6.45, 7) is 11.6. The van der Waals surface area contributed by atoms with E-state index in [-0.39, 0.29) is 5.46 Å². The Morgan fingerprint density at radius 3 is 1.91 bits per heavy atom. The number of rotatable bonds is 4. The van der Waals surface area contributed by atoms with Crippen LogP contribution in [0.25, 0.3) is 0 Å². The van der Waals surface area contributed by atoms with E-state index < -0.39 is 30.0 Å². The zero-order valence-corrected chi connectivity index (χ0v) is 14.3.